The lowest BCUT2D eigenvalue weighted by Gasteiger charge is -2.01. The standard InChI is InChI=1S/C11H15BrN4/c1-14-5-2-3-10-15-11(12)9-7-8(13)4-6-16(9)10/h4,6-7,14H,2-3,5,13H2,1H3. The molecule has 0 saturated carbocycles. The van der Waals surface area contributed by atoms with Gasteiger partial charge in [-0.2, -0.15) is 0 Å². The van der Waals surface area contributed by atoms with Gasteiger partial charge < -0.3 is 15.5 Å². The Morgan fingerprint density at radius 1 is 1.56 bits per heavy atom. The molecule has 0 aliphatic carbocycles. The second kappa shape index (κ2) is 4.84. The Hall–Kier alpha value is -1.07. The van der Waals surface area contributed by atoms with Crippen LogP contribution in [0.5, 0.6) is 0 Å². The first-order chi connectivity index (χ1) is 7.72. The van der Waals surface area contributed by atoms with E-state index in [1.165, 1.54) is 0 Å². The zero-order valence-corrected chi connectivity index (χ0v) is 10.8. The first kappa shape index (κ1) is 11.4. The van der Waals surface area contributed by atoms with Gasteiger partial charge in [-0.3, -0.25) is 0 Å². The highest BCUT2D eigenvalue weighted by Crippen LogP contribution is 2.21. The normalized spacial score (nSPS) is 11.1. The number of anilines is 1. The van der Waals surface area contributed by atoms with Crippen LogP contribution < -0.4 is 11.1 Å². The summed E-state index contributed by atoms with van der Waals surface area (Å²) in [4.78, 5) is 4.50. The van der Waals surface area contributed by atoms with Crippen molar-refractivity contribution in [1.82, 2.24) is 14.7 Å². The van der Waals surface area contributed by atoms with Crippen molar-refractivity contribution >= 4 is 27.1 Å². The van der Waals surface area contributed by atoms with Gasteiger partial charge in [-0.15, -0.1) is 0 Å². The average Bonchev–Trinajstić information content (AvgIpc) is 2.56. The Balaban J connectivity index is 2.32. The van der Waals surface area contributed by atoms with Crippen LogP contribution in [0, 0.1) is 0 Å². The number of aromatic nitrogens is 2. The molecule has 3 N–H and O–H groups in total. The van der Waals surface area contributed by atoms with Crippen molar-refractivity contribution < 1.29 is 0 Å². The van der Waals surface area contributed by atoms with Crippen LogP contribution in [-0.2, 0) is 6.42 Å². The van der Waals surface area contributed by atoms with Crippen molar-refractivity contribution in [1.29, 1.82) is 0 Å². The van der Waals surface area contributed by atoms with Gasteiger partial charge >= 0.3 is 0 Å². The van der Waals surface area contributed by atoms with E-state index in [-0.39, 0.29) is 0 Å². The van der Waals surface area contributed by atoms with Crippen LogP contribution in [0.2, 0.25) is 0 Å². The first-order valence-corrected chi connectivity index (χ1v) is 6.08. The summed E-state index contributed by atoms with van der Waals surface area (Å²) >= 11 is 3.46. The van der Waals surface area contributed by atoms with Gasteiger partial charge in [-0.1, -0.05) is 0 Å². The van der Waals surface area contributed by atoms with Crippen molar-refractivity contribution in [3.05, 3.63) is 28.8 Å². The number of nitrogen functional groups attached to an aromatic ring is 1. The van der Waals surface area contributed by atoms with Crippen LogP contribution in [-0.4, -0.2) is 23.0 Å². The van der Waals surface area contributed by atoms with Gasteiger partial charge in [0, 0.05) is 18.3 Å². The van der Waals surface area contributed by atoms with E-state index >= 15 is 0 Å². The van der Waals surface area contributed by atoms with Crippen molar-refractivity contribution in [2.45, 2.75) is 12.8 Å². The van der Waals surface area contributed by atoms with Crippen LogP contribution in [0.25, 0.3) is 5.52 Å². The molecule has 2 aromatic rings. The van der Waals surface area contributed by atoms with Crippen LogP contribution in [0.15, 0.2) is 22.9 Å². The average molecular weight is 283 g/mol. The lowest BCUT2D eigenvalue weighted by atomic mass is 10.3. The zero-order valence-electron chi connectivity index (χ0n) is 9.20. The monoisotopic (exact) mass is 282 g/mol. The first-order valence-electron chi connectivity index (χ1n) is 5.29. The molecule has 0 radical (unpaired) electrons. The van der Waals surface area contributed by atoms with E-state index in [2.05, 4.69) is 30.6 Å². The Morgan fingerprint density at radius 2 is 2.38 bits per heavy atom. The van der Waals surface area contributed by atoms with Crippen molar-refractivity contribution in [3.8, 4) is 0 Å². The summed E-state index contributed by atoms with van der Waals surface area (Å²) < 4.78 is 2.94. The smallest absolute Gasteiger partial charge is 0.132 e. The molecular formula is C11H15BrN4. The fourth-order valence-corrected chi connectivity index (χ4v) is 2.23. The molecule has 0 fully saturated rings. The van der Waals surface area contributed by atoms with Crippen LogP contribution in [0.1, 0.15) is 12.2 Å². The largest absolute Gasteiger partial charge is 0.399 e. The summed E-state index contributed by atoms with van der Waals surface area (Å²) in [5.41, 5.74) is 7.54. The Kier molecular flexibility index (Phi) is 3.46. The SMILES string of the molecule is CNCCCc1nc(Br)c2cc(N)ccn12. The molecule has 0 unspecified atom stereocenters. The summed E-state index contributed by atoms with van der Waals surface area (Å²) in [6, 6.07) is 3.82. The number of nitrogens with two attached hydrogens (primary N) is 1. The summed E-state index contributed by atoms with van der Waals surface area (Å²) in [5.74, 6) is 1.07. The van der Waals surface area contributed by atoms with Crippen molar-refractivity contribution in [2.75, 3.05) is 19.3 Å². The topological polar surface area (TPSA) is 55.3 Å². The summed E-state index contributed by atoms with van der Waals surface area (Å²) in [6.07, 6.45) is 4.00. The van der Waals surface area contributed by atoms with E-state index < -0.39 is 0 Å². The molecule has 0 aliphatic rings. The van der Waals surface area contributed by atoms with E-state index in [0.29, 0.717) is 0 Å². The Labute approximate surface area is 103 Å². The van der Waals surface area contributed by atoms with E-state index in [9.17, 15) is 0 Å². The fraction of sp³-hybridized carbons (Fsp3) is 0.364. The third-order valence-electron chi connectivity index (χ3n) is 2.52. The predicted octanol–water partition coefficient (Wildman–Crippen LogP) is 1.83. The minimum absolute atomic E-state index is 0.759. The maximum Gasteiger partial charge on any atom is 0.132 e. The highest BCUT2D eigenvalue weighted by atomic mass is 79.9. The third-order valence-corrected chi connectivity index (χ3v) is 3.11. The molecule has 4 nitrogen and oxygen atoms in total. The number of imidazole rings is 1. The van der Waals surface area contributed by atoms with E-state index in [0.717, 1.165) is 41.0 Å². The van der Waals surface area contributed by atoms with Gasteiger partial charge in [0.15, 0.2) is 0 Å². The van der Waals surface area contributed by atoms with Gasteiger partial charge in [-0.05, 0) is 48.1 Å². The highest BCUT2D eigenvalue weighted by molar-refractivity contribution is 9.10. The number of hydrogen-bond acceptors (Lipinski definition) is 3. The molecule has 2 heterocycles. The minimum Gasteiger partial charge on any atom is -0.399 e. The molecule has 0 saturated heterocycles. The third kappa shape index (κ3) is 2.20. The predicted molar refractivity (Wildman–Crippen MR) is 69.6 cm³/mol. The molecule has 0 atom stereocenters. The molecule has 0 aromatic carbocycles. The number of nitrogens with one attached hydrogen (secondary N) is 1. The number of hydrogen-bond donors (Lipinski definition) is 2. The van der Waals surface area contributed by atoms with Crippen LogP contribution >= 0.6 is 15.9 Å². The van der Waals surface area contributed by atoms with Gasteiger partial charge in [0.2, 0.25) is 0 Å². The number of rotatable bonds is 4. The molecule has 2 rings (SSSR count). The minimum atomic E-state index is 0.759. The molecule has 16 heavy (non-hydrogen) atoms. The molecule has 0 bridgehead atoms. The van der Waals surface area contributed by atoms with Gasteiger partial charge in [0.05, 0.1) is 5.52 Å². The maximum absolute atomic E-state index is 5.75. The van der Waals surface area contributed by atoms with E-state index in [4.69, 9.17) is 5.73 Å². The summed E-state index contributed by atoms with van der Waals surface area (Å²) in [7, 11) is 1.96. The Bertz CT molecular complexity index is 492. The Morgan fingerprint density at radius 3 is 3.12 bits per heavy atom. The molecule has 2 aromatic heterocycles. The van der Waals surface area contributed by atoms with Crippen molar-refractivity contribution in [2.24, 2.45) is 0 Å². The van der Waals surface area contributed by atoms with Gasteiger partial charge in [-0.25, -0.2) is 4.98 Å². The molecule has 0 amide bonds. The van der Waals surface area contributed by atoms with Gasteiger partial charge in [0.25, 0.3) is 0 Å². The number of pyridine rings is 1. The molecule has 0 aliphatic heterocycles. The second-order valence-electron chi connectivity index (χ2n) is 3.74. The van der Waals surface area contributed by atoms with E-state index in [1.54, 1.807) is 0 Å². The van der Waals surface area contributed by atoms with Gasteiger partial charge in [0.1, 0.15) is 10.4 Å². The summed E-state index contributed by atoms with van der Waals surface area (Å²) in [5, 5.41) is 3.13. The molecule has 86 valence electrons. The number of halogens is 1. The fourth-order valence-electron chi connectivity index (χ4n) is 1.72. The maximum atomic E-state index is 5.75. The number of aryl methyl sites for hydroxylation is 1. The lowest BCUT2D eigenvalue weighted by molar-refractivity contribution is 0.700. The second-order valence-corrected chi connectivity index (χ2v) is 4.49. The quantitative estimate of drug-likeness (QED) is 0.842. The lowest BCUT2D eigenvalue weighted by Crippen LogP contribution is -2.09. The molecule has 5 heteroatoms. The highest BCUT2D eigenvalue weighted by Gasteiger charge is 2.08. The number of nitrogens with zero attached hydrogens (tertiary/aromatic N) is 2. The summed E-state index contributed by atoms with van der Waals surface area (Å²) in [6.45, 7) is 1.00. The molecule has 0 spiro atoms. The van der Waals surface area contributed by atoms with E-state index in [1.807, 2.05) is 25.4 Å². The molecular weight excluding hydrogens is 268 g/mol. The van der Waals surface area contributed by atoms with Crippen molar-refractivity contribution in [3.63, 3.8) is 0 Å². The van der Waals surface area contributed by atoms with Crippen LogP contribution in [0.4, 0.5) is 5.69 Å². The van der Waals surface area contributed by atoms with Crippen LogP contribution in [0.3, 0.4) is 0 Å². The zero-order chi connectivity index (χ0) is 11.5. The number of fused-ring (bicyclic) bond motifs is 1.